The third-order valence-corrected chi connectivity index (χ3v) is 7.16. The van der Waals surface area contributed by atoms with Gasteiger partial charge in [0.05, 0.1) is 6.07 Å². The zero-order valence-corrected chi connectivity index (χ0v) is 11.9. The molecule has 0 N–H and O–H groups in total. The smallest absolute Gasteiger partial charge is 0.153 e. The van der Waals surface area contributed by atoms with Gasteiger partial charge in [0.25, 0.3) is 0 Å². The van der Waals surface area contributed by atoms with E-state index in [4.69, 9.17) is 16.3 Å². The number of nitrogens with zero attached hydrogens (tertiary/aromatic N) is 1. The molecule has 6 heteroatoms. The number of hydrogen-bond acceptors (Lipinski definition) is 3. The van der Waals surface area contributed by atoms with Crippen LogP contribution >= 0.6 is 11.1 Å². The van der Waals surface area contributed by atoms with Crippen molar-refractivity contribution < 1.29 is 8.42 Å². The maximum absolute atomic E-state index is 10.9. The minimum absolute atomic E-state index is 0.223. The molecule has 1 atom stereocenters. The summed E-state index contributed by atoms with van der Waals surface area (Å²) in [6.45, 7) is 2.04. The first kappa shape index (κ1) is 14.9. The lowest BCUT2D eigenvalue weighted by Gasteiger charge is -2.17. The summed E-state index contributed by atoms with van der Waals surface area (Å²) in [5, 5.41) is 8.39. The molecule has 0 saturated heterocycles. The maximum Gasteiger partial charge on any atom is 0.153 e. The van der Waals surface area contributed by atoms with Crippen LogP contribution in [0.4, 0.5) is 0 Å². The highest BCUT2D eigenvalue weighted by atomic mass is 35.6. The van der Waals surface area contributed by atoms with Gasteiger partial charge in [-0.3, -0.25) is 0 Å². The van der Waals surface area contributed by atoms with E-state index >= 15 is 0 Å². The molecule has 0 rings (SSSR count). The number of sulfone groups is 1. The van der Waals surface area contributed by atoms with Crippen LogP contribution in [0, 0.1) is 11.3 Å². The molecule has 0 aromatic rings. The third kappa shape index (κ3) is 10.2. The van der Waals surface area contributed by atoms with E-state index in [2.05, 4.69) is 6.07 Å². The van der Waals surface area contributed by atoms with Gasteiger partial charge < -0.3 is 0 Å². The van der Waals surface area contributed by atoms with Crippen LogP contribution in [0.1, 0.15) is 19.3 Å². The second-order valence-electron chi connectivity index (χ2n) is 4.16. The van der Waals surface area contributed by atoms with E-state index in [1.807, 2.05) is 6.55 Å². The Morgan fingerprint density at radius 1 is 1.33 bits per heavy atom. The molecule has 0 aliphatic heterocycles. The molecule has 0 aromatic heterocycles. The molecule has 0 bridgehead atoms. The van der Waals surface area contributed by atoms with Crippen LogP contribution in [0.3, 0.4) is 0 Å². The summed E-state index contributed by atoms with van der Waals surface area (Å²) in [6, 6.07) is 3.80. The largest absolute Gasteiger partial charge is 0.229 e. The highest BCUT2D eigenvalue weighted by Crippen LogP contribution is 2.24. The van der Waals surface area contributed by atoms with Crippen molar-refractivity contribution in [3.05, 3.63) is 0 Å². The quantitative estimate of drug-likeness (QED) is 0.405. The topological polar surface area (TPSA) is 57.9 Å². The summed E-state index contributed by atoms with van der Waals surface area (Å²) in [5.74, 6) is 0.223. The van der Waals surface area contributed by atoms with Crippen LogP contribution in [0.25, 0.3) is 0 Å². The Bertz CT molecular complexity index is 321. The molecule has 0 aromatic carbocycles. The molecular weight excluding hydrogens is 250 g/mol. The summed E-state index contributed by atoms with van der Waals surface area (Å²) in [6.07, 6.45) is 3.27. The Kier molecular flexibility index (Phi) is 6.49. The Hall–Kier alpha value is -0.0531. The zero-order chi connectivity index (χ0) is 11.9. The van der Waals surface area contributed by atoms with E-state index < -0.39 is 17.2 Å². The first-order valence-electron chi connectivity index (χ1n) is 5.00. The SMILES string of the molecule is C[Si](Cl)(CCCC#N)CCCS(C)(=O)=O. The molecule has 0 saturated carbocycles. The number of unbranched alkanes of at least 4 members (excludes halogenated alkanes) is 1. The van der Waals surface area contributed by atoms with E-state index in [-0.39, 0.29) is 5.75 Å². The van der Waals surface area contributed by atoms with Gasteiger partial charge in [0.2, 0.25) is 0 Å². The van der Waals surface area contributed by atoms with E-state index in [0.717, 1.165) is 18.5 Å². The van der Waals surface area contributed by atoms with Gasteiger partial charge in [-0.1, -0.05) is 6.55 Å². The molecule has 0 amide bonds. The van der Waals surface area contributed by atoms with Crippen LogP contribution in [0.2, 0.25) is 18.6 Å². The van der Waals surface area contributed by atoms with Crippen LogP contribution in [-0.2, 0) is 9.84 Å². The minimum atomic E-state index is -2.86. The molecule has 0 aliphatic rings. The summed E-state index contributed by atoms with van der Waals surface area (Å²) in [7, 11) is -4.64. The van der Waals surface area contributed by atoms with Crippen molar-refractivity contribution in [2.24, 2.45) is 0 Å². The standard InChI is InChI=1S/C9H18ClNO2SSi/c1-14(12,13)7-5-9-15(2,10)8-4-3-6-11/h3-5,7-9H2,1-2H3. The van der Waals surface area contributed by atoms with Crippen molar-refractivity contribution in [3.8, 4) is 6.07 Å². The van der Waals surface area contributed by atoms with Gasteiger partial charge >= 0.3 is 0 Å². The Morgan fingerprint density at radius 3 is 2.33 bits per heavy atom. The molecule has 3 nitrogen and oxygen atoms in total. The fourth-order valence-electron chi connectivity index (χ4n) is 1.36. The summed E-state index contributed by atoms with van der Waals surface area (Å²) >= 11 is 6.34. The van der Waals surface area contributed by atoms with Crippen molar-refractivity contribution in [1.82, 2.24) is 0 Å². The van der Waals surface area contributed by atoms with Crippen LogP contribution < -0.4 is 0 Å². The second-order valence-corrected chi connectivity index (χ2v) is 13.0. The van der Waals surface area contributed by atoms with Gasteiger partial charge in [-0.2, -0.15) is 16.3 Å². The lowest BCUT2D eigenvalue weighted by molar-refractivity contribution is 0.600. The average molecular weight is 268 g/mol. The number of rotatable bonds is 7. The normalized spacial score (nSPS) is 15.6. The second kappa shape index (κ2) is 6.51. The molecule has 0 aliphatic carbocycles. The fraction of sp³-hybridized carbons (Fsp3) is 0.889. The number of halogens is 1. The summed E-state index contributed by atoms with van der Waals surface area (Å²) in [4.78, 5) is 0. The maximum atomic E-state index is 10.9. The lowest BCUT2D eigenvalue weighted by Crippen LogP contribution is -2.22. The first-order valence-corrected chi connectivity index (χ1v) is 11.0. The van der Waals surface area contributed by atoms with Crippen LogP contribution in [-0.4, -0.2) is 27.8 Å². The van der Waals surface area contributed by atoms with Gasteiger partial charge in [0, 0.05) is 18.4 Å². The van der Waals surface area contributed by atoms with Crippen molar-refractivity contribution in [3.63, 3.8) is 0 Å². The Labute approximate surface area is 98.1 Å². The van der Waals surface area contributed by atoms with E-state index in [9.17, 15) is 8.42 Å². The Balaban J connectivity index is 3.79. The van der Waals surface area contributed by atoms with Crippen molar-refractivity contribution in [2.45, 2.75) is 37.9 Å². The van der Waals surface area contributed by atoms with Crippen LogP contribution in [0.5, 0.6) is 0 Å². The average Bonchev–Trinajstić information content (AvgIpc) is 2.01. The Morgan fingerprint density at radius 2 is 1.87 bits per heavy atom. The van der Waals surface area contributed by atoms with Crippen molar-refractivity contribution >= 4 is 28.3 Å². The van der Waals surface area contributed by atoms with Gasteiger partial charge in [0.15, 0.2) is 7.38 Å². The molecule has 0 radical (unpaired) electrons. The van der Waals surface area contributed by atoms with Crippen LogP contribution in [0.15, 0.2) is 0 Å². The third-order valence-electron chi connectivity index (χ3n) is 2.20. The predicted molar refractivity (Wildman–Crippen MR) is 66.3 cm³/mol. The fourth-order valence-corrected chi connectivity index (χ4v) is 5.17. The minimum Gasteiger partial charge on any atom is -0.229 e. The van der Waals surface area contributed by atoms with Gasteiger partial charge in [-0.15, -0.1) is 0 Å². The van der Waals surface area contributed by atoms with Gasteiger partial charge in [-0.05, 0) is 24.9 Å². The predicted octanol–water partition coefficient (Wildman–Crippen LogP) is 2.54. The molecular formula is C9H18ClNO2SSi. The highest BCUT2D eigenvalue weighted by molar-refractivity contribution is 7.90. The van der Waals surface area contributed by atoms with Gasteiger partial charge in [0.1, 0.15) is 9.84 Å². The van der Waals surface area contributed by atoms with Gasteiger partial charge in [-0.25, -0.2) is 8.42 Å². The molecule has 0 heterocycles. The zero-order valence-electron chi connectivity index (χ0n) is 9.29. The van der Waals surface area contributed by atoms with E-state index in [0.29, 0.717) is 12.8 Å². The first-order chi connectivity index (χ1) is 6.77. The van der Waals surface area contributed by atoms with E-state index in [1.54, 1.807) is 0 Å². The molecule has 88 valence electrons. The summed E-state index contributed by atoms with van der Waals surface area (Å²) in [5.41, 5.74) is 0. The summed E-state index contributed by atoms with van der Waals surface area (Å²) < 4.78 is 21.8. The molecule has 1 unspecified atom stereocenters. The van der Waals surface area contributed by atoms with E-state index in [1.165, 1.54) is 6.26 Å². The monoisotopic (exact) mass is 267 g/mol. The number of nitriles is 1. The lowest BCUT2D eigenvalue weighted by atomic mass is 10.4. The molecule has 15 heavy (non-hydrogen) atoms. The van der Waals surface area contributed by atoms with Crippen molar-refractivity contribution in [1.29, 1.82) is 5.26 Å². The number of hydrogen-bond donors (Lipinski definition) is 0. The highest BCUT2D eigenvalue weighted by Gasteiger charge is 2.23. The molecule has 0 spiro atoms. The van der Waals surface area contributed by atoms with Crippen molar-refractivity contribution in [2.75, 3.05) is 12.0 Å². The molecule has 0 fully saturated rings.